The van der Waals surface area contributed by atoms with Crippen LogP contribution in [-0.4, -0.2) is 53.2 Å². The van der Waals surface area contributed by atoms with Gasteiger partial charge in [0, 0.05) is 12.2 Å². The zero-order valence-electron chi connectivity index (χ0n) is 13.0. The van der Waals surface area contributed by atoms with Crippen molar-refractivity contribution >= 4 is 17.6 Å². The molecule has 0 radical (unpaired) electrons. The molecule has 0 unspecified atom stereocenters. The van der Waals surface area contributed by atoms with E-state index >= 15 is 0 Å². The predicted octanol–water partition coefficient (Wildman–Crippen LogP) is 1.72. The lowest BCUT2D eigenvalue weighted by atomic mass is 9.94. The van der Waals surface area contributed by atoms with Crippen molar-refractivity contribution in [3.63, 3.8) is 0 Å². The van der Waals surface area contributed by atoms with Crippen molar-refractivity contribution in [3.8, 4) is 0 Å². The molecule has 1 aromatic carbocycles. The molecule has 1 aromatic rings. The lowest BCUT2D eigenvalue weighted by molar-refractivity contribution is -0.160. The van der Waals surface area contributed by atoms with E-state index in [-0.39, 0.29) is 19.1 Å². The number of amides is 1. The molecule has 2 aliphatic rings. The second-order valence-corrected chi connectivity index (χ2v) is 6.23. The van der Waals surface area contributed by atoms with Crippen LogP contribution >= 0.6 is 0 Å². The summed E-state index contributed by atoms with van der Waals surface area (Å²) in [6.45, 7) is 0.831. The second kappa shape index (κ2) is 6.58. The van der Waals surface area contributed by atoms with Crippen LogP contribution < -0.4 is 5.32 Å². The van der Waals surface area contributed by atoms with Crippen LogP contribution in [-0.2, 0) is 14.3 Å². The molecule has 124 valence electrons. The average molecular weight is 318 g/mol. The molecule has 23 heavy (non-hydrogen) atoms. The number of para-hydroxylation sites is 1. The van der Waals surface area contributed by atoms with Gasteiger partial charge in [0.1, 0.15) is 5.54 Å². The Labute approximate surface area is 135 Å². The summed E-state index contributed by atoms with van der Waals surface area (Å²) in [5.41, 5.74) is 0.299. The lowest BCUT2D eigenvalue weighted by Crippen LogP contribution is -2.57. The SMILES string of the molecule is O=C(O)[C@@H]1CN(C(=O)C2(Nc3ccccc3)CCCC2)CCO1. The van der Waals surface area contributed by atoms with E-state index in [1.54, 1.807) is 4.90 Å². The molecule has 1 atom stereocenters. The van der Waals surface area contributed by atoms with Crippen LogP contribution in [0.5, 0.6) is 0 Å². The van der Waals surface area contributed by atoms with E-state index < -0.39 is 17.6 Å². The minimum Gasteiger partial charge on any atom is -0.479 e. The maximum Gasteiger partial charge on any atom is 0.334 e. The maximum absolute atomic E-state index is 13.1. The Kier molecular flexibility index (Phi) is 4.52. The Balaban J connectivity index is 1.77. The number of hydrogen-bond donors (Lipinski definition) is 2. The summed E-state index contributed by atoms with van der Waals surface area (Å²) < 4.78 is 5.22. The summed E-state index contributed by atoms with van der Waals surface area (Å²) in [7, 11) is 0. The third-order valence-electron chi connectivity index (χ3n) is 4.65. The fourth-order valence-electron chi connectivity index (χ4n) is 3.45. The van der Waals surface area contributed by atoms with Crippen molar-refractivity contribution in [1.29, 1.82) is 0 Å². The Bertz CT molecular complexity index is 569. The van der Waals surface area contributed by atoms with Gasteiger partial charge in [-0.3, -0.25) is 4.79 Å². The molecule has 6 heteroatoms. The van der Waals surface area contributed by atoms with Crippen LogP contribution in [0.1, 0.15) is 25.7 Å². The molecule has 3 rings (SSSR count). The lowest BCUT2D eigenvalue weighted by Gasteiger charge is -2.39. The first-order chi connectivity index (χ1) is 11.1. The molecule has 0 bridgehead atoms. The number of benzene rings is 1. The molecule has 1 saturated carbocycles. The first kappa shape index (κ1) is 15.8. The second-order valence-electron chi connectivity index (χ2n) is 6.23. The zero-order chi connectivity index (χ0) is 16.3. The summed E-state index contributed by atoms with van der Waals surface area (Å²) in [6.07, 6.45) is 2.62. The van der Waals surface area contributed by atoms with E-state index in [1.165, 1.54) is 0 Å². The Hall–Kier alpha value is -2.08. The van der Waals surface area contributed by atoms with Crippen LogP contribution in [0.2, 0.25) is 0 Å². The van der Waals surface area contributed by atoms with Crippen molar-refractivity contribution in [1.82, 2.24) is 4.90 Å². The summed E-state index contributed by atoms with van der Waals surface area (Å²) in [4.78, 5) is 25.9. The van der Waals surface area contributed by atoms with E-state index in [0.29, 0.717) is 6.54 Å². The first-order valence-corrected chi connectivity index (χ1v) is 8.08. The summed E-state index contributed by atoms with van der Waals surface area (Å²) >= 11 is 0. The number of ether oxygens (including phenoxy) is 1. The third kappa shape index (κ3) is 3.32. The van der Waals surface area contributed by atoms with Crippen LogP contribution in [0.25, 0.3) is 0 Å². The number of aliphatic carboxylic acids is 1. The Morgan fingerprint density at radius 2 is 1.91 bits per heavy atom. The minimum absolute atomic E-state index is 0.00611. The molecular formula is C17H22N2O4. The van der Waals surface area contributed by atoms with Crippen molar-refractivity contribution in [2.45, 2.75) is 37.3 Å². The molecule has 2 N–H and O–H groups in total. The standard InChI is InChI=1S/C17H22N2O4/c20-15(21)14-12-19(10-11-23-14)16(22)17(8-4-5-9-17)18-13-6-2-1-3-7-13/h1-3,6-7,14,18H,4-5,8-12H2,(H,20,21)/t14-/m0/s1. The van der Waals surface area contributed by atoms with Crippen LogP contribution in [0.3, 0.4) is 0 Å². The fourth-order valence-corrected chi connectivity index (χ4v) is 3.45. The highest BCUT2D eigenvalue weighted by molar-refractivity contribution is 5.90. The molecular weight excluding hydrogens is 296 g/mol. The van der Waals surface area contributed by atoms with Crippen molar-refractivity contribution < 1.29 is 19.4 Å². The van der Waals surface area contributed by atoms with Crippen LogP contribution in [0, 0.1) is 0 Å². The van der Waals surface area contributed by atoms with Gasteiger partial charge in [0.25, 0.3) is 0 Å². The van der Waals surface area contributed by atoms with Gasteiger partial charge < -0.3 is 20.1 Å². The van der Waals surface area contributed by atoms with E-state index in [1.807, 2.05) is 30.3 Å². The topological polar surface area (TPSA) is 78.9 Å². The molecule has 1 heterocycles. The van der Waals surface area contributed by atoms with Gasteiger partial charge in [-0.1, -0.05) is 31.0 Å². The highest BCUT2D eigenvalue weighted by Crippen LogP contribution is 2.35. The van der Waals surface area contributed by atoms with Gasteiger partial charge >= 0.3 is 5.97 Å². The normalized spacial score (nSPS) is 23.5. The minimum atomic E-state index is -1.01. The van der Waals surface area contributed by atoms with Gasteiger partial charge in [-0.25, -0.2) is 4.79 Å². The smallest absolute Gasteiger partial charge is 0.334 e. The fraction of sp³-hybridized carbons (Fsp3) is 0.529. The summed E-state index contributed by atoms with van der Waals surface area (Å²) in [5.74, 6) is -1.02. The van der Waals surface area contributed by atoms with Gasteiger partial charge in [-0.05, 0) is 25.0 Å². The Morgan fingerprint density at radius 3 is 2.57 bits per heavy atom. The van der Waals surface area contributed by atoms with Gasteiger partial charge in [-0.15, -0.1) is 0 Å². The highest BCUT2D eigenvalue weighted by Gasteiger charge is 2.45. The average Bonchev–Trinajstić information content (AvgIpc) is 3.05. The largest absolute Gasteiger partial charge is 0.479 e. The molecule has 6 nitrogen and oxygen atoms in total. The number of anilines is 1. The van der Waals surface area contributed by atoms with E-state index in [9.17, 15) is 9.59 Å². The summed E-state index contributed by atoms with van der Waals surface area (Å²) in [6, 6.07) is 9.71. The van der Waals surface area contributed by atoms with Gasteiger partial charge in [0.15, 0.2) is 6.10 Å². The number of nitrogens with zero attached hydrogens (tertiary/aromatic N) is 1. The van der Waals surface area contributed by atoms with Crippen LogP contribution in [0.15, 0.2) is 30.3 Å². The number of carboxylic acids is 1. The molecule has 1 aliphatic carbocycles. The number of carboxylic acid groups (broad SMARTS) is 1. The Morgan fingerprint density at radius 1 is 1.22 bits per heavy atom. The molecule has 1 saturated heterocycles. The predicted molar refractivity (Wildman–Crippen MR) is 85.2 cm³/mol. The van der Waals surface area contributed by atoms with Crippen molar-refractivity contribution in [2.24, 2.45) is 0 Å². The van der Waals surface area contributed by atoms with E-state index in [2.05, 4.69) is 5.32 Å². The molecule has 0 aromatic heterocycles. The quantitative estimate of drug-likeness (QED) is 0.884. The number of hydrogen-bond acceptors (Lipinski definition) is 4. The number of carbonyl (C=O) groups is 2. The number of carbonyl (C=O) groups excluding carboxylic acids is 1. The monoisotopic (exact) mass is 318 g/mol. The molecule has 2 fully saturated rings. The van der Waals surface area contributed by atoms with Gasteiger partial charge in [-0.2, -0.15) is 0 Å². The molecule has 1 aliphatic heterocycles. The first-order valence-electron chi connectivity index (χ1n) is 8.08. The van der Waals surface area contributed by atoms with Crippen molar-refractivity contribution in [3.05, 3.63) is 30.3 Å². The van der Waals surface area contributed by atoms with E-state index in [0.717, 1.165) is 31.4 Å². The van der Waals surface area contributed by atoms with E-state index in [4.69, 9.17) is 9.84 Å². The van der Waals surface area contributed by atoms with Gasteiger partial charge in [0.2, 0.25) is 5.91 Å². The number of nitrogens with one attached hydrogen (secondary N) is 1. The van der Waals surface area contributed by atoms with Crippen LogP contribution in [0.4, 0.5) is 5.69 Å². The zero-order valence-corrected chi connectivity index (χ0v) is 13.0. The molecule has 1 amide bonds. The third-order valence-corrected chi connectivity index (χ3v) is 4.65. The number of rotatable bonds is 4. The van der Waals surface area contributed by atoms with Crippen molar-refractivity contribution in [2.75, 3.05) is 25.0 Å². The maximum atomic E-state index is 13.1. The summed E-state index contributed by atoms with van der Waals surface area (Å²) in [5, 5.41) is 12.5. The van der Waals surface area contributed by atoms with Gasteiger partial charge in [0.05, 0.1) is 13.2 Å². The number of morpholine rings is 1. The molecule has 0 spiro atoms. The highest BCUT2D eigenvalue weighted by atomic mass is 16.5.